The third-order valence-electron chi connectivity index (χ3n) is 4.22. The minimum atomic E-state index is -0.521. The smallest absolute Gasteiger partial charge is 0.238 e. The van der Waals surface area contributed by atoms with Crippen LogP contribution in [-0.4, -0.2) is 31.5 Å². The zero-order valence-electron chi connectivity index (χ0n) is 15.1. The van der Waals surface area contributed by atoms with Gasteiger partial charge >= 0.3 is 0 Å². The second-order valence-corrected chi connectivity index (χ2v) is 6.51. The number of nitrogens with zero attached hydrogens (tertiary/aromatic N) is 1. The Balaban J connectivity index is 2.10. The first-order valence-corrected chi connectivity index (χ1v) is 8.40. The fourth-order valence-corrected chi connectivity index (χ4v) is 2.71. The number of rotatable bonds is 6. The van der Waals surface area contributed by atoms with Gasteiger partial charge in [-0.3, -0.25) is 9.69 Å². The number of nitrogens with one attached hydrogen (secondary N) is 1. The third-order valence-corrected chi connectivity index (χ3v) is 4.62. The highest BCUT2D eigenvalue weighted by Crippen LogP contribution is 2.31. The summed E-state index contributed by atoms with van der Waals surface area (Å²) in [7, 11) is 3.15. The number of methoxy groups -OCH3 is 1. The number of amides is 1. The van der Waals surface area contributed by atoms with Crippen LogP contribution in [0.3, 0.4) is 0 Å². The van der Waals surface area contributed by atoms with Crippen molar-refractivity contribution in [3.05, 3.63) is 58.1 Å². The first-order chi connectivity index (χ1) is 12.2. The van der Waals surface area contributed by atoms with E-state index in [1.165, 1.54) is 7.11 Å². The van der Waals surface area contributed by atoms with Gasteiger partial charge in [0.2, 0.25) is 5.91 Å². The first-order valence-electron chi connectivity index (χ1n) is 8.02. The fraction of sp³-hybridized carbons (Fsp3) is 0.316. The standard InChI is InChI=1S/C19H21ClF2N2O2/c1-11-7-17(18(26-4)9-15(11)20)23-19(25)10-24(3)12(2)14-8-13(21)5-6-16(14)22/h5-9,12H,10H2,1-4H3,(H,23,25). The highest BCUT2D eigenvalue weighted by molar-refractivity contribution is 6.31. The summed E-state index contributed by atoms with van der Waals surface area (Å²) in [5, 5.41) is 3.30. The molecule has 0 fully saturated rings. The molecule has 26 heavy (non-hydrogen) atoms. The Hall–Kier alpha value is -2.18. The molecule has 0 heterocycles. The van der Waals surface area contributed by atoms with Crippen LogP contribution in [0.4, 0.5) is 14.5 Å². The molecule has 7 heteroatoms. The molecular weight excluding hydrogens is 362 g/mol. The van der Waals surface area contributed by atoms with Gasteiger partial charge in [-0.2, -0.15) is 0 Å². The van der Waals surface area contributed by atoms with Crippen molar-refractivity contribution < 1.29 is 18.3 Å². The Morgan fingerprint density at radius 2 is 2.00 bits per heavy atom. The van der Waals surface area contributed by atoms with E-state index in [0.29, 0.717) is 16.5 Å². The minimum absolute atomic E-state index is 0.0120. The van der Waals surface area contributed by atoms with Crippen molar-refractivity contribution in [2.24, 2.45) is 0 Å². The molecule has 4 nitrogen and oxygen atoms in total. The molecule has 1 N–H and O–H groups in total. The van der Waals surface area contributed by atoms with Gasteiger partial charge in [0.15, 0.2) is 0 Å². The minimum Gasteiger partial charge on any atom is -0.495 e. The van der Waals surface area contributed by atoms with Crippen LogP contribution in [0.15, 0.2) is 30.3 Å². The van der Waals surface area contributed by atoms with Crippen LogP contribution < -0.4 is 10.1 Å². The molecule has 2 rings (SSSR count). The van der Waals surface area contributed by atoms with Gasteiger partial charge in [0.1, 0.15) is 17.4 Å². The lowest BCUT2D eigenvalue weighted by atomic mass is 10.1. The van der Waals surface area contributed by atoms with Crippen molar-refractivity contribution in [1.29, 1.82) is 0 Å². The second-order valence-electron chi connectivity index (χ2n) is 6.11. The van der Waals surface area contributed by atoms with E-state index in [9.17, 15) is 13.6 Å². The van der Waals surface area contributed by atoms with Gasteiger partial charge in [0.05, 0.1) is 19.3 Å². The number of hydrogen-bond acceptors (Lipinski definition) is 3. The number of aryl methyl sites for hydroxylation is 1. The Morgan fingerprint density at radius 1 is 1.31 bits per heavy atom. The summed E-state index contributed by atoms with van der Waals surface area (Å²) < 4.78 is 32.5. The molecular formula is C19H21ClF2N2O2. The molecule has 1 amide bonds. The third kappa shape index (κ3) is 4.71. The van der Waals surface area contributed by atoms with Gasteiger partial charge in [-0.15, -0.1) is 0 Å². The Bertz CT molecular complexity index is 814. The predicted octanol–water partition coefficient (Wildman–Crippen LogP) is 4.57. The van der Waals surface area contributed by atoms with E-state index in [4.69, 9.17) is 16.3 Å². The summed E-state index contributed by atoms with van der Waals surface area (Å²) in [6, 6.07) is 6.14. The highest BCUT2D eigenvalue weighted by Gasteiger charge is 2.19. The van der Waals surface area contributed by atoms with Crippen molar-refractivity contribution in [2.45, 2.75) is 19.9 Å². The predicted molar refractivity (Wildman–Crippen MR) is 98.8 cm³/mol. The second kappa shape index (κ2) is 8.47. The quantitative estimate of drug-likeness (QED) is 0.795. The van der Waals surface area contributed by atoms with Gasteiger partial charge in [-0.05, 0) is 50.7 Å². The largest absolute Gasteiger partial charge is 0.495 e. The van der Waals surface area contributed by atoms with E-state index < -0.39 is 17.7 Å². The maximum absolute atomic E-state index is 13.9. The lowest BCUT2D eigenvalue weighted by molar-refractivity contribution is -0.117. The van der Waals surface area contributed by atoms with Crippen LogP contribution in [-0.2, 0) is 4.79 Å². The Kier molecular flexibility index (Phi) is 6.56. The summed E-state index contributed by atoms with van der Waals surface area (Å²) in [5.41, 5.74) is 1.49. The van der Waals surface area contributed by atoms with E-state index in [2.05, 4.69) is 5.32 Å². The van der Waals surface area contributed by atoms with Crippen LogP contribution in [0.25, 0.3) is 0 Å². The molecule has 140 valence electrons. The zero-order valence-corrected chi connectivity index (χ0v) is 15.8. The maximum atomic E-state index is 13.9. The van der Waals surface area contributed by atoms with Gasteiger partial charge in [0.25, 0.3) is 0 Å². The molecule has 0 radical (unpaired) electrons. The van der Waals surface area contributed by atoms with Crippen LogP contribution in [0.1, 0.15) is 24.1 Å². The van der Waals surface area contributed by atoms with Crippen LogP contribution in [0.2, 0.25) is 5.02 Å². The van der Waals surface area contributed by atoms with Crippen LogP contribution in [0.5, 0.6) is 5.75 Å². The summed E-state index contributed by atoms with van der Waals surface area (Å²) in [4.78, 5) is 14.0. The van der Waals surface area contributed by atoms with E-state index in [1.807, 2.05) is 6.92 Å². The monoisotopic (exact) mass is 382 g/mol. The average molecular weight is 383 g/mol. The Labute approximate surface area is 156 Å². The highest BCUT2D eigenvalue weighted by atomic mass is 35.5. The SMILES string of the molecule is COc1cc(Cl)c(C)cc1NC(=O)CN(C)C(C)c1cc(F)ccc1F. The van der Waals surface area contributed by atoms with Gasteiger partial charge in [-0.25, -0.2) is 8.78 Å². The van der Waals surface area contributed by atoms with Gasteiger partial charge in [0, 0.05) is 22.7 Å². The van der Waals surface area contributed by atoms with Crippen molar-refractivity contribution >= 4 is 23.2 Å². The number of halogens is 3. The zero-order chi connectivity index (χ0) is 19.4. The Morgan fingerprint density at radius 3 is 2.65 bits per heavy atom. The maximum Gasteiger partial charge on any atom is 0.238 e. The summed E-state index contributed by atoms with van der Waals surface area (Å²) >= 11 is 6.06. The molecule has 0 aromatic heterocycles. The molecule has 0 saturated heterocycles. The van der Waals surface area contributed by atoms with Crippen LogP contribution in [0, 0.1) is 18.6 Å². The summed E-state index contributed by atoms with van der Waals surface area (Å²) in [6.45, 7) is 3.51. The van der Waals surface area contributed by atoms with Crippen molar-refractivity contribution in [2.75, 3.05) is 26.0 Å². The number of carbonyl (C=O) groups is 1. The average Bonchev–Trinajstić information content (AvgIpc) is 2.59. The number of anilines is 1. The topological polar surface area (TPSA) is 41.6 Å². The summed E-state index contributed by atoms with van der Waals surface area (Å²) in [6.07, 6.45) is 0. The van der Waals surface area contributed by atoms with E-state index >= 15 is 0 Å². The molecule has 1 atom stereocenters. The normalized spacial score (nSPS) is 12.2. The molecule has 2 aromatic carbocycles. The first kappa shape index (κ1) is 20.1. The number of benzene rings is 2. The van der Waals surface area contributed by atoms with Gasteiger partial charge < -0.3 is 10.1 Å². The molecule has 0 aliphatic carbocycles. The fourth-order valence-electron chi connectivity index (χ4n) is 2.56. The van der Waals surface area contributed by atoms with E-state index in [1.54, 1.807) is 31.0 Å². The lowest BCUT2D eigenvalue weighted by Crippen LogP contribution is -2.32. The molecule has 0 spiro atoms. The molecule has 0 saturated carbocycles. The summed E-state index contributed by atoms with van der Waals surface area (Å²) in [5.74, 6) is -0.898. The number of likely N-dealkylation sites (N-methyl/N-ethyl adjacent to an activating group) is 1. The van der Waals surface area contributed by atoms with Crippen molar-refractivity contribution in [3.63, 3.8) is 0 Å². The molecule has 0 bridgehead atoms. The van der Waals surface area contributed by atoms with E-state index in [0.717, 1.165) is 23.8 Å². The number of ether oxygens (including phenoxy) is 1. The molecule has 0 aliphatic heterocycles. The number of carbonyl (C=O) groups excluding carboxylic acids is 1. The lowest BCUT2D eigenvalue weighted by Gasteiger charge is -2.25. The molecule has 1 unspecified atom stereocenters. The van der Waals surface area contributed by atoms with Crippen LogP contribution >= 0.6 is 11.6 Å². The van der Waals surface area contributed by atoms with Crippen molar-refractivity contribution in [3.8, 4) is 5.75 Å². The molecule has 0 aliphatic rings. The molecule has 2 aromatic rings. The van der Waals surface area contributed by atoms with E-state index in [-0.39, 0.29) is 18.0 Å². The van der Waals surface area contributed by atoms with Gasteiger partial charge in [-0.1, -0.05) is 11.6 Å². The van der Waals surface area contributed by atoms with Crippen molar-refractivity contribution in [1.82, 2.24) is 4.90 Å². The number of hydrogen-bond donors (Lipinski definition) is 1.